The monoisotopic (exact) mass is 346 g/mol. The van der Waals surface area contributed by atoms with E-state index in [-0.39, 0.29) is 0 Å². The topological polar surface area (TPSA) is 25.8 Å². The molecule has 0 unspecified atom stereocenters. The first kappa shape index (κ1) is 14.1. The smallest absolute Gasteiger partial charge is 0.0925 e. The summed E-state index contributed by atoms with van der Waals surface area (Å²) in [5, 5.41) is 9.71. The number of nitrogens with zero attached hydrogens (tertiary/aromatic N) is 2. The zero-order chi connectivity index (χ0) is 16.3. The van der Waals surface area contributed by atoms with Gasteiger partial charge in [-0.05, 0) is 54.4 Å². The van der Waals surface area contributed by atoms with Gasteiger partial charge in [-0.2, -0.15) is 0 Å². The number of aromatic nitrogens is 2. The van der Waals surface area contributed by atoms with Crippen molar-refractivity contribution in [3.8, 4) is 11.4 Å². The van der Waals surface area contributed by atoms with Gasteiger partial charge in [-0.25, -0.2) is 0 Å². The summed E-state index contributed by atoms with van der Waals surface area (Å²) in [4.78, 5) is 9.46. The van der Waals surface area contributed by atoms with Gasteiger partial charge in [-0.1, -0.05) is 6.07 Å². The molecule has 5 rings (SSSR count). The Bertz CT molecular complexity index is 1220. The molecule has 5 aromatic rings. The lowest BCUT2D eigenvalue weighted by Crippen LogP contribution is -1.96. The van der Waals surface area contributed by atoms with Crippen molar-refractivity contribution in [1.29, 1.82) is 0 Å². The fourth-order valence-electron chi connectivity index (χ4n) is 3.54. The Morgan fingerprint density at radius 3 is 2.21 bits per heavy atom. The van der Waals surface area contributed by atoms with Crippen molar-refractivity contribution in [2.45, 2.75) is 13.8 Å². The van der Waals surface area contributed by atoms with Crippen LogP contribution < -0.4 is 0 Å². The van der Waals surface area contributed by atoms with Crippen molar-refractivity contribution in [2.75, 3.05) is 0 Å². The predicted molar refractivity (Wildman–Crippen MR) is 105 cm³/mol. The second-order valence-electron chi connectivity index (χ2n) is 5.96. The number of benzene rings is 1. The zero-order valence-electron chi connectivity index (χ0n) is 13.3. The third-order valence-corrected chi connectivity index (χ3v) is 6.47. The molecule has 0 aliphatic heterocycles. The van der Waals surface area contributed by atoms with Crippen molar-refractivity contribution in [1.82, 2.24) is 9.97 Å². The molecule has 0 bridgehead atoms. The second kappa shape index (κ2) is 5.10. The highest BCUT2D eigenvalue weighted by molar-refractivity contribution is 7.20. The first-order valence-corrected chi connectivity index (χ1v) is 9.60. The summed E-state index contributed by atoms with van der Waals surface area (Å²) >= 11 is 3.63. The molecule has 0 spiro atoms. The van der Waals surface area contributed by atoms with Gasteiger partial charge in [-0.3, -0.25) is 9.97 Å². The summed E-state index contributed by atoms with van der Waals surface area (Å²) in [7, 11) is 0. The molecule has 4 heterocycles. The predicted octanol–water partition coefficient (Wildman–Crippen LogP) is 6.34. The zero-order valence-corrected chi connectivity index (χ0v) is 15.0. The van der Waals surface area contributed by atoms with Crippen LogP contribution in [0.1, 0.15) is 11.3 Å². The Morgan fingerprint density at radius 1 is 0.833 bits per heavy atom. The standard InChI is InChI=1S/C20H14N2S2/c1-11-16-17(12(2)22-18(11)15-5-3-4-8-21-15)20-14(7-10-24-20)13-6-9-23-19(13)16/h3-10H,1-2H3. The van der Waals surface area contributed by atoms with E-state index in [4.69, 9.17) is 4.98 Å². The third kappa shape index (κ3) is 1.81. The maximum Gasteiger partial charge on any atom is 0.0925 e. The molecule has 4 aromatic heterocycles. The fraction of sp³-hybridized carbons (Fsp3) is 0.100. The summed E-state index contributed by atoms with van der Waals surface area (Å²) in [5.74, 6) is 0. The maximum absolute atomic E-state index is 4.94. The minimum absolute atomic E-state index is 0.941. The average molecular weight is 346 g/mol. The first-order chi connectivity index (χ1) is 11.8. The molecule has 1 aromatic carbocycles. The molecular formula is C20H14N2S2. The molecule has 0 amide bonds. The number of rotatable bonds is 1. The van der Waals surface area contributed by atoms with E-state index in [1.807, 2.05) is 47.1 Å². The van der Waals surface area contributed by atoms with Crippen molar-refractivity contribution in [2.24, 2.45) is 0 Å². The Labute approximate surface area is 147 Å². The fourth-order valence-corrected chi connectivity index (χ4v) is 5.57. The van der Waals surface area contributed by atoms with Gasteiger partial charge in [-0.15, -0.1) is 22.7 Å². The van der Waals surface area contributed by atoms with Crippen LogP contribution in [0.4, 0.5) is 0 Å². The lowest BCUT2D eigenvalue weighted by molar-refractivity contribution is 1.18. The van der Waals surface area contributed by atoms with Gasteiger partial charge in [0.2, 0.25) is 0 Å². The first-order valence-electron chi connectivity index (χ1n) is 7.84. The Morgan fingerprint density at radius 2 is 1.54 bits per heavy atom. The summed E-state index contributed by atoms with van der Waals surface area (Å²) in [5.41, 5.74) is 4.23. The van der Waals surface area contributed by atoms with Crippen LogP contribution in [0.5, 0.6) is 0 Å². The van der Waals surface area contributed by atoms with Crippen molar-refractivity contribution in [3.05, 3.63) is 58.5 Å². The van der Waals surface area contributed by atoms with Gasteiger partial charge in [0.25, 0.3) is 0 Å². The number of aryl methyl sites for hydroxylation is 2. The Hall–Kier alpha value is -2.30. The van der Waals surface area contributed by atoms with E-state index >= 15 is 0 Å². The molecule has 0 atom stereocenters. The quantitative estimate of drug-likeness (QED) is 0.354. The van der Waals surface area contributed by atoms with Gasteiger partial charge >= 0.3 is 0 Å². The molecule has 2 nitrogen and oxygen atoms in total. The highest BCUT2D eigenvalue weighted by atomic mass is 32.1. The summed E-state index contributed by atoms with van der Waals surface area (Å²) in [6, 6.07) is 10.5. The second-order valence-corrected chi connectivity index (χ2v) is 7.79. The molecule has 0 aliphatic carbocycles. The molecular weight excluding hydrogens is 332 g/mol. The van der Waals surface area contributed by atoms with Gasteiger partial charge in [0.15, 0.2) is 0 Å². The van der Waals surface area contributed by atoms with Crippen LogP contribution in [0.15, 0.2) is 47.3 Å². The molecule has 0 saturated heterocycles. The average Bonchev–Trinajstić information content (AvgIpc) is 3.26. The van der Waals surface area contributed by atoms with Crippen molar-refractivity contribution in [3.63, 3.8) is 0 Å². The number of hydrogen-bond donors (Lipinski definition) is 0. The van der Waals surface area contributed by atoms with E-state index in [9.17, 15) is 0 Å². The molecule has 24 heavy (non-hydrogen) atoms. The van der Waals surface area contributed by atoms with Crippen LogP contribution >= 0.6 is 22.7 Å². The number of fused-ring (bicyclic) bond motifs is 6. The van der Waals surface area contributed by atoms with E-state index in [0.29, 0.717) is 0 Å². The number of thiophene rings is 2. The largest absolute Gasteiger partial charge is 0.255 e. The summed E-state index contributed by atoms with van der Waals surface area (Å²) in [6.07, 6.45) is 1.83. The van der Waals surface area contributed by atoms with Gasteiger partial charge in [0.1, 0.15) is 0 Å². The Kier molecular flexibility index (Phi) is 2.99. The highest BCUT2D eigenvalue weighted by Gasteiger charge is 2.18. The van der Waals surface area contributed by atoms with Crippen molar-refractivity contribution >= 4 is 53.6 Å². The van der Waals surface area contributed by atoms with E-state index in [0.717, 1.165) is 17.1 Å². The van der Waals surface area contributed by atoms with E-state index in [1.165, 1.54) is 36.5 Å². The van der Waals surface area contributed by atoms with Crippen LogP contribution in [0.2, 0.25) is 0 Å². The van der Waals surface area contributed by atoms with Crippen LogP contribution in [0, 0.1) is 13.8 Å². The maximum atomic E-state index is 4.94. The van der Waals surface area contributed by atoms with Gasteiger partial charge < -0.3 is 0 Å². The summed E-state index contributed by atoms with van der Waals surface area (Å²) < 4.78 is 2.70. The molecule has 0 radical (unpaired) electrons. The van der Waals surface area contributed by atoms with Crippen LogP contribution in [-0.4, -0.2) is 9.97 Å². The van der Waals surface area contributed by atoms with Crippen LogP contribution in [0.25, 0.3) is 42.3 Å². The van der Waals surface area contributed by atoms with Gasteiger partial charge in [0, 0.05) is 42.8 Å². The molecule has 0 N–H and O–H groups in total. The third-order valence-electron chi connectivity index (χ3n) is 4.60. The molecule has 4 heteroatoms. The minimum atomic E-state index is 0.941. The summed E-state index contributed by atoms with van der Waals surface area (Å²) in [6.45, 7) is 4.30. The lowest BCUT2D eigenvalue weighted by Gasteiger charge is -2.13. The molecule has 0 saturated carbocycles. The van der Waals surface area contributed by atoms with Crippen LogP contribution in [-0.2, 0) is 0 Å². The molecule has 0 aliphatic rings. The lowest BCUT2D eigenvalue weighted by atomic mass is 9.98. The van der Waals surface area contributed by atoms with Crippen molar-refractivity contribution < 1.29 is 0 Å². The normalized spacial score (nSPS) is 11.8. The minimum Gasteiger partial charge on any atom is -0.255 e. The Balaban J connectivity index is 2.05. The molecule has 116 valence electrons. The SMILES string of the molecule is Cc1nc(-c2ccccn2)c(C)c2c3sccc3c3ccsc3c12. The van der Waals surface area contributed by atoms with Gasteiger partial charge in [0.05, 0.1) is 11.4 Å². The molecule has 0 fully saturated rings. The van der Waals surface area contributed by atoms with E-state index in [2.05, 4.69) is 41.7 Å². The van der Waals surface area contributed by atoms with Crippen LogP contribution in [0.3, 0.4) is 0 Å². The van der Waals surface area contributed by atoms with E-state index < -0.39 is 0 Å². The van der Waals surface area contributed by atoms with E-state index in [1.54, 1.807) is 0 Å². The number of pyridine rings is 2. The highest BCUT2D eigenvalue weighted by Crippen LogP contribution is 2.43. The number of hydrogen-bond acceptors (Lipinski definition) is 4.